The first kappa shape index (κ1) is 15.4. The number of rotatable bonds is 8. The average molecular weight is 267 g/mol. The summed E-state index contributed by atoms with van der Waals surface area (Å²) in [6.45, 7) is 8.49. The normalized spacial score (nSPS) is 12.9. The van der Waals surface area contributed by atoms with Crippen molar-refractivity contribution in [3.8, 4) is 0 Å². The zero-order valence-electron chi connectivity index (χ0n) is 11.7. The number of hydrogen-bond donors (Lipinski definition) is 1. The Balaban J connectivity index is 2.20. The minimum atomic E-state index is -0.735. The quantitative estimate of drug-likeness (QED) is 0.734. The van der Waals surface area contributed by atoms with Gasteiger partial charge in [0.25, 0.3) is 0 Å². The first-order chi connectivity index (χ1) is 8.59. The summed E-state index contributed by atoms with van der Waals surface area (Å²) in [4.78, 5) is 0. The summed E-state index contributed by atoms with van der Waals surface area (Å²) in [6.07, 6.45) is 0.991. The van der Waals surface area contributed by atoms with E-state index in [1.54, 1.807) is 0 Å². The van der Waals surface area contributed by atoms with Crippen LogP contribution in [0.4, 0.5) is 0 Å². The van der Waals surface area contributed by atoms with Gasteiger partial charge < -0.3 is 5.32 Å². The molecule has 0 aromatic heterocycles. The third-order valence-corrected chi connectivity index (χ3v) is 4.23. The van der Waals surface area contributed by atoms with Crippen LogP contribution in [0, 0.1) is 12.8 Å². The lowest BCUT2D eigenvalue weighted by molar-refractivity contribution is 0.550. The Bertz CT molecular complexity index is 377. The highest BCUT2D eigenvalue weighted by atomic mass is 32.2. The first-order valence-electron chi connectivity index (χ1n) is 6.69. The lowest BCUT2D eigenvalue weighted by Gasteiger charge is -2.08. The van der Waals surface area contributed by atoms with Gasteiger partial charge in [0, 0.05) is 22.3 Å². The summed E-state index contributed by atoms with van der Waals surface area (Å²) < 4.78 is 11.9. The van der Waals surface area contributed by atoms with E-state index in [0.717, 1.165) is 25.3 Å². The lowest BCUT2D eigenvalue weighted by atomic mass is 10.1. The minimum absolute atomic E-state index is 0.683. The number of benzene rings is 1. The van der Waals surface area contributed by atoms with Gasteiger partial charge in [-0.15, -0.1) is 0 Å². The molecule has 0 spiro atoms. The number of aryl methyl sites for hydroxylation is 1. The summed E-state index contributed by atoms with van der Waals surface area (Å²) in [5, 5.41) is 3.38. The Morgan fingerprint density at radius 1 is 1.28 bits per heavy atom. The van der Waals surface area contributed by atoms with Crippen LogP contribution in [0.1, 0.15) is 31.4 Å². The van der Waals surface area contributed by atoms with E-state index in [4.69, 9.17) is 0 Å². The second kappa shape index (κ2) is 8.44. The molecular weight excluding hydrogens is 242 g/mol. The Morgan fingerprint density at radius 3 is 2.67 bits per heavy atom. The van der Waals surface area contributed by atoms with Crippen molar-refractivity contribution in [3.63, 3.8) is 0 Å². The molecule has 2 nitrogen and oxygen atoms in total. The predicted octanol–water partition coefficient (Wildman–Crippen LogP) is 2.88. The van der Waals surface area contributed by atoms with Gasteiger partial charge in [-0.25, -0.2) is 0 Å². The standard InChI is InChI=1S/C15H25NOS/c1-13(2)11-16-9-6-10-18(17)12-15-8-5-4-7-14(15)3/h4-5,7-8,13,16H,6,9-12H2,1-3H3. The Hall–Kier alpha value is -0.670. The topological polar surface area (TPSA) is 29.1 Å². The number of nitrogens with one attached hydrogen (secondary N) is 1. The highest BCUT2D eigenvalue weighted by Gasteiger charge is 2.04. The molecule has 0 aliphatic carbocycles. The van der Waals surface area contributed by atoms with Crippen molar-refractivity contribution in [1.82, 2.24) is 5.32 Å². The molecule has 1 aromatic rings. The fraction of sp³-hybridized carbons (Fsp3) is 0.600. The van der Waals surface area contributed by atoms with Crippen molar-refractivity contribution in [1.29, 1.82) is 0 Å². The second-order valence-corrected chi connectivity index (χ2v) is 6.74. The molecule has 0 amide bonds. The van der Waals surface area contributed by atoms with E-state index in [0.29, 0.717) is 11.7 Å². The molecule has 1 atom stereocenters. The van der Waals surface area contributed by atoms with Crippen LogP contribution >= 0.6 is 0 Å². The summed E-state index contributed by atoms with van der Waals surface area (Å²) in [5.41, 5.74) is 2.45. The van der Waals surface area contributed by atoms with Gasteiger partial charge in [0.05, 0.1) is 0 Å². The molecule has 0 heterocycles. The van der Waals surface area contributed by atoms with Gasteiger partial charge >= 0.3 is 0 Å². The van der Waals surface area contributed by atoms with Crippen LogP contribution in [0.15, 0.2) is 24.3 Å². The van der Waals surface area contributed by atoms with E-state index < -0.39 is 10.8 Å². The van der Waals surface area contributed by atoms with E-state index in [9.17, 15) is 4.21 Å². The van der Waals surface area contributed by atoms with E-state index in [-0.39, 0.29) is 0 Å². The molecular formula is C15H25NOS. The third-order valence-electron chi connectivity index (χ3n) is 2.86. The molecule has 1 unspecified atom stereocenters. The molecule has 0 saturated carbocycles. The fourth-order valence-electron chi connectivity index (χ4n) is 1.77. The number of hydrogen-bond acceptors (Lipinski definition) is 2. The Morgan fingerprint density at radius 2 is 2.00 bits per heavy atom. The third kappa shape index (κ3) is 6.31. The average Bonchev–Trinajstić information content (AvgIpc) is 2.31. The van der Waals surface area contributed by atoms with E-state index >= 15 is 0 Å². The first-order valence-corrected chi connectivity index (χ1v) is 8.18. The second-order valence-electron chi connectivity index (χ2n) is 5.17. The van der Waals surface area contributed by atoms with Gasteiger partial charge in [0.2, 0.25) is 0 Å². The molecule has 18 heavy (non-hydrogen) atoms. The molecule has 1 N–H and O–H groups in total. The zero-order valence-corrected chi connectivity index (χ0v) is 12.6. The van der Waals surface area contributed by atoms with Crippen LogP contribution in [0.2, 0.25) is 0 Å². The molecule has 1 rings (SSSR count). The minimum Gasteiger partial charge on any atom is -0.316 e. The maximum Gasteiger partial charge on any atom is 0.0488 e. The van der Waals surface area contributed by atoms with Crippen LogP contribution < -0.4 is 5.32 Å². The van der Waals surface area contributed by atoms with Crippen molar-refractivity contribution in [2.75, 3.05) is 18.8 Å². The van der Waals surface area contributed by atoms with Gasteiger partial charge in [-0.2, -0.15) is 0 Å². The summed E-state index contributed by atoms with van der Waals surface area (Å²) in [7, 11) is -0.735. The van der Waals surface area contributed by atoms with Crippen molar-refractivity contribution in [2.24, 2.45) is 5.92 Å². The summed E-state index contributed by atoms with van der Waals surface area (Å²) in [6, 6.07) is 8.20. The Labute approximate surface area is 114 Å². The van der Waals surface area contributed by atoms with Crippen molar-refractivity contribution < 1.29 is 4.21 Å². The van der Waals surface area contributed by atoms with Gasteiger partial charge in [-0.3, -0.25) is 4.21 Å². The highest BCUT2D eigenvalue weighted by molar-refractivity contribution is 7.84. The molecule has 0 aliphatic heterocycles. The zero-order chi connectivity index (χ0) is 13.4. The van der Waals surface area contributed by atoms with E-state index in [1.165, 1.54) is 11.1 Å². The Kier molecular flexibility index (Phi) is 7.21. The van der Waals surface area contributed by atoms with Crippen LogP contribution in [-0.2, 0) is 16.6 Å². The maximum atomic E-state index is 11.9. The lowest BCUT2D eigenvalue weighted by Crippen LogP contribution is -2.22. The van der Waals surface area contributed by atoms with Crippen LogP contribution in [0.5, 0.6) is 0 Å². The van der Waals surface area contributed by atoms with Crippen LogP contribution in [0.25, 0.3) is 0 Å². The maximum absolute atomic E-state index is 11.9. The smallest absolute Gasteiger partial charge is 0.0488 e. The summed E-state index contributed by atoms with van der Waals surface area (Å²) in [5.74, 6) is 2.17. The summed E-state index contributed by atoms with van der Waals surface area (Å²) >= 11 is 0. The molecule has 0 fully saturated rings. The molecule has 0 radical (unpaired) electrons. The van der Waals surface area contributed by atoms with Crippen LogP contribution in [-0.4, -0.2) is 23.1 Å². The molecule has 102 valence electrons. The van der Waals surface area contributed by atoms with Crippen molar-refractivity contribution >= 4 is 10.8 Å². The monoisotopic (exact) mass is 267 g/mol. The van der Waals surface area contributed by atoms with Crippen molar-refractivity contribution in [2.45, 2.75) is 32.9 Å². The van der Waals surface area contributed by atoms with E-state index in [2.05, 4.69) is 38.2 Å². The van der Waals surface area contributed by atoms with Gasteiger partial charge in [-0.1, -0.05) is 38.1 Å². The van der Waals surface area contributed by atoms with E-state index in [1.807, 2.05) is 12.1 Å². The van der Waals surface area contributed by atoms with Gasteiger partial charge in [0.15, 0.2) is 0 Å². The molecule has 1 aromatic carbocycles. The molecule has 0 bridgehead atoms. The van der Waals surface area contributed by atoms with Crippen molar-refractivity contribution in [3.05, 3.63) is 35.4 Å². The predicted molar refractivity (Wildman–Crippen MR) is 80.2 cm³/mol. The fourth-order valence-corrected chi connectivity index (χ4v) is 3.05. The SMILES string of the molecule is Cc1ccccc1CS(=O)CCCNCC(C)C. The largest absolute Gasteiger partial charge is 0.316 e. The molecule has 3 heteroatoms. The van der Waals surface area contributed by atoms with Gasteiger partial charge in [0.1, 0.15) is 0 Å². The highest BCUT2D eigenvalue weighted by Crippen LogP contribution is 2.10. The van der Waals surface area contributed by atoms with Crippen LogP contribution in [0.3, 0.4) is 0 Å². The van der Waals surface area contributed by atoms with Gasteiger partial charge in [-0.05, 0) is 43.5 Å². The molecule has 0 saturated heterocycles. The molecule has 0 aliphatic rings.